The fourth-order valence-corrected chi connectivity index (χ4v) is 2.33. The molecule has 0 aromatic carbocycles. The van der Waals surface area contributed by atoms with Crippen molar-refractivity contribution in [1.29, 1.82) is 0 Å². The summed E-state index contributed by atoms with van der Waals surface area (Å²) in [5.74, 6) is 0.103. The lowest BCUT2D eigenvalue weighted by atomic mass is 10.3. The lowest BCUT2D eigenvalue weighted by molar-refractivity contribution is 0.601. The maximum absolute atomic E-state index is 10.8. The standard InChI is InChI=1S/C4H9NO2S/c5-4-1-2-8(6,7)3-4/h4H,1-3,5H2/i/hD2. The lowest BCUT2D eigenvalue weighted by Gasteiger charge is -1.91. The Hall–Kier alpha value is -0.0900. The van der Waals surface area contributed by atoms with E-state index < -0.39 is 15.9 Å². The fourth-order valence-electron chi connectivity index (χ4n) is 0.775. The third-order valence-corrected chi connectivity index (χ3v) is 2.96. The van der Waals surface area contributed by atoms with Gasteiger partial charge in [-0.3, -0.25) is 0 Å². The Kier molecular flexibility index (Phi) is 0.818. The summed E-state index contributed by atoms with van der Waals surface area (Å²) in [7, 11) is -2.92. The third-order valence-electron chi connectivity index (χ3n) is 1.21. The highest BCUT2D eigenvalue weighted by molar-refractivity contribution is 7.91. The van der Waals surface area contributed by atoms with Gasteiger partial charge in [0.1, 0.15) is 2.82 Å². The zero-order chi connectivity index (χ0) is 7.78. The Labute approximate surface area is 51.7 Å². The molecule has 0 saturated carbocycles. The molecule has 0 bridgehead atoms. The van der Waals surface area contributed by atoms with Crippen LogP contribution in [0.4, 0.5) is 0 Å². The van der Waals surface area contributed by atoms with Gasteiger partial charge >= 0.3 is 0 Å². The molecule has 48 valence electrons. The van der Waals surface area contributed by atoms with Crippen molar-refractivity contribution in [3.05, 3.63) is 0 Å². The SMILES string of the molecule is [2H]N([2H])C1CCS(=O)(=O)C1. The van der Waals surface area contributed by atoms with E-state index in [1.54, 1.807) is 0 Å². The van der Waals surface area contributed by atoms with Crippen LogP contribution in [-0.2, 0) is 9.84 Å². The van der Waals surface area contributed by atoms with Gasteiger partial charge in [-0.25, -0.2) is 8.42 Å². The highest BCUT2D eigenvalue weighted by Crippen LogP contribution is 2.07. The van der Waals surface area contributed by atoms with Crippen LogP contribution in [0.15, 0.2) is 0 Å². The van der Waals surface area contributed by atoms with Crippen molar-refractivity contribution in [1.82, 2.24) is 0 Å². The molecule has 1 fully saturated rings. The number of nitrogens with two attached hydrogens (primary N) is 1. The van der Waals surface area contributed by atoms with Crippen LogP contribution in [0.3, 0.4) is 0 Å². The van der Waals surface area contributed by atoms with Crippen molar-refractivity contribution in [2.75, 3.05) is 11.5 Å². The van der Waals surface area contributed by atoms with Gasteiger partial charge in [0.15, 0.2) is 9.84 Å². The van der Waals surface area contributed by atoms with Crippen molar-refractivity contribution in [2.24, 2.45) is 5.72 Å². The first kappa shape index (κ1) is 3.85. The fraction of sp³-hybridized carbons (Fsp3) is 1.00. The molecule has 1 saturated heterocycles. The van der Waals surface area contributed by atoms with Crippen LogP contribution in [0.25, 0.3) is 0 Å². The van der Waals surface area contributed by atoms with E-state index >= 15 is 0 Å². The molecule has 3 nitrogen and oxygen atoms in total. The molecular weight excluding hydrogens is 126 g/mol. The smallest absolute Gasteiger partial charge is 0.151 e. The van der Waals surface area contributed by atoms with E-state index in [-0.39, 0.29) is 11.5 Å². The van der Waals surface area contributed by atoms with Crippen LogP contribution in [0.5, 0.6) is 0 Å². The minimum atomic E-state index is -2.92. The molecule has 2 N–H and O–H groups in total. The molecule has 0 spiro atoms. The summed E-state index contributed by atoms with van der Waals surface area (Å²) in [6.45, 7) is 0. The Balaban J connectivity index is 2.60. The minimum absolute atomic E-state index is 0.0278. The van der Waals surface area contributed by atoms with Gasteiger partial charge in [0.2, 0.25) is 0 Å². The molecule has 1 aliphatic rings. The van der Waals surface area contributed by atoms with E-state index in [0.717, 1.165) is 0 Å². The first-order chi connectivity index (χ1) is 4.51. The number of rotatable bonds is 1. The molecule has 8 heavy (non-hydrogen) atoms. The summed E-state index contributed by atoms with van der Waals surface area (Å²) in [4.78, 5) is 0. The van der Waals surface area contributed by atoms with Gasteiger partial charge in [-0.05, 0) is 6.42 Å². The zero-order valence-corrected chi connectivity index (χ0v) is 5.19. The van der Waals surface area contributed by atoms with Crippen molar-refractivity contribution in [3.8, 4) is 0 Å². The summed E-state index contributed by atoms with van der Waals surface area (Å²) >= 11 is 0. The zero-order valence-electron chi connectivity index (χ0n) is 6.37. The molecule has 0 radical (unpaired) electrons. The van der Waals surface area contributed by atoms with E-state index in [1.807, 2.05) is 0 Å². The van der Waals surface area contributed by atoms with Crippen LogP contribution < -0.4 is 5.72 Å². The van der Waals surface area contributed by atoms with Crippen LogP contribution in [-0.4, -0.2) is 26.0 Å². The largest absolute Gasteiger partial charge is 0.327 e. The summed E-state index contributed by atoms with van der Waals surface area (Å²) in [5.41, 5.74) is 0.477. The highest BCUT2D eigenvalue weighted by atomic mass is 32.2. The van der Waals surface area contributed by atoms with E-state index in [0.29, 0.717) is 12.1 Å². The molecular formula is C4H9NO2S. The molecule has 1 atom stereocenters. The topological polar surface area (TPSA) is 60.2 Å². The van der Waals surface area contributed by atoms with Gasteiger partial charge in [-0.2, -0.15) is 0 Å². The van der Waals surface area contributed by atoms with Gasteiger partial charge < -0.3 is 5.72 Å². The Morgan fingerprint density at radius 1 is 1.75 bits per heavy atom. The predicted octanol–water partition coefficient (Wildman–Crippen LogP) is -0.868. The van der Waals surface area contributed by atoms with Crippen LogP contribution >= 0.6 is 0 Å². The Morgan fingerprint density at radius 2 is 2.50 bits per heavy atom. The van der Waals surface area contributed by atoms with Crippen molar-refractivity contribution >= 4 is 9.84 Å². The van der Waals surface area contributed by atoms with E-state index in [9.17, 15) is 8.42 Å². The average molecular weight is 137 g/mol. The van der Waals surface area contributed by atoms with Crippen molar-refractivity contribution in [2.45, 2.75) is 12.5 Å². The molecule has 0 aromatic rings. The number of hydrogen-bond donors (Lipinski definition) is 1. The molecule has 1 heterocycles. The highest BCUT2D eigenvalue weighted by Gasteiger charge is 2.24. The van der Waals surface area contributed by atoms with Gasteiger partial charge in [0.25, 0.3) is 0 Å². The summed E-state index contributed by atoms with van der Waals surface area (Å²) in [6.07, 6.45) is 0.426. The van der Waals surface area contributed by atoms with Gasteiger partial charge in [0.05, 0.1) is 11.5 Å². The van der Waals surface area contributed by atoms with Crippen LogP contribution in [0, 0.1) is 0 Å². The molecule has 0 amide bonds. The second-order valence-electron chi connectivity index (χ2n) is 2.06. The Morgan fingerprint density at radius 3 is 2.75 bits per heavy atom. The minimum Gasteiger partial charge on any atom is -0.327 e. The first-order valence-electron chi connectivity index (χ1n) is 3.38. The van der Waals surface area contributed by atoms with Gasteiger partial charge in [-0.15, -0.1) is 0 Å². The summed E-state index contributed by atoms with van der Waals surface area (Å²) in [5, 5.41) is 0. The molecule has 1 unspecified atom stereocenters. The molecule has 0 aromatic heterocycles. The number of sulfone groups is 1. The normalized spacial score (nSPS) is 39.4. The molecule has 4 heteroatoms. The van der Waals surface area contributed by atoms with E-state index in [4.69, 9.17) is 2.82 Å². The van der Waals surface area contributed by atoms with E-state index in [2.05, 4.69) is 0 Å². The predicted molar refractivity (Wildman–Crippen MR) is 31.2 cm³/mol. The summed E-state index contributed by atoms with van der Waals surface area (Å²) in [6, 6.07) is -0.412. The third kappa shape index (κ3) is 1.20. The van der Waals surface area contributed by atoms with Crippen molar-refractivity contribution < 1.29 is 11.2 Å². The maximum Gasteiger partial charge on any atom is 0.151 e. The molecule has 0 aliphatic carbocycles. The van der Waals surface area contributed by atoms with Crippen LogP contribution in [0.1, 0.15) is 6.42 Å². The summed E-state index contributed by atoms with van der Waals surface area (Å²) < 4.78 is 35.1. The molecule has 1 rings (SSSR count). The monoisotopic (exact) mass is 137 g/mol. The lowest BCUT2D eigenvalue weighted by Crippen LogP contribution is -2.20. The quantitative estimate of drug-likeness (QED) is 0.511. The second kappa shape index (κ2) is 1.70. The maximum atomic E-state index is 10.8. The number of hydrogen-bond acceptors (Lipinski definition) is 3. The Bertz CT molecular complexity index is 213. The van der Waals surface area contributed by atoms with Crippen LogP contribution in [0.2, 0.25) is 2.82 Å². The average Bonchev–Trinajstić information content (AvgIpc) is 2.10. The van der Waals surface area contributed by atoms with Gasteiger partial charge in [0, 0.05) is 6.04 Å². The van der Waals surface area contributed by atoms with Crippen molar-refractivity contribution in [3.63, 3.8) is 0 Å². The second-order valence-corrected chi connectivity index (χ2v) is 4.29. The van der Waals surface area contributed by atoms with E-state index in [1.165, 1.54) is 0 Å². The van der Waals surface area contributed by atoms with Gasteiger partial charge in [-0.1, -0.05) is 0 Å². The molecule has 1 aliphatic heterocycles. The first-order valence-corrected chi connectivity index (χ1v) is 4.31.